The zero-order chi connectivity index (χ0) is 13.5. The summed E-state index contributed by atoms with van der Waals surface area (Å²) in [6.07, 6.45) is -0.369. The number of aryl methyl sites for hydroxylation is 2. The third-order valence-electron chi connectivity index (χ3n) is 2.87. The monoisotopic (exact) mass is 252 g/mol. The Kier molecular flexibility index (Phi) is 6.29. The highest BCUT2D eigenvalue weighted by Crippen LogP contribution is 2.23. The van der Waals surface area contributed by atoms with Crippen LogP contribution in [0.4, 0.5) is 0 Å². The molecule has 0 saturated heterocycles. The number of hydrogen-bond acceptors (Lipinski definition) is 4. The van der Waals surface area contributed by atoms with Crippen molar-refractivity contribution >= 4 is 0 Å². The smallest absolute Gasteiger partial charge is 0.178 e. The molecule has 102 valence electrons. The molecule has 1 aromatic carbocycles. The van der Waals surface area contributed by atoms with Gasteiger partial charge in [-0.25, -0.2) is 5.43 Å². The van der Waals surface area contributed by atoms with Gasteiger partial charge in [0.05, 0.1) is 6.04 Å². The quantitative estimate of drug-likeness (QED) is 0.444. The summed E-state index contributed by atoms with van der Waals surface area (Å²) in [6.45, 7) is 9.22. The van der Waals surface area contributed by atoms with Crippen molar-refractivity contribution in [2.45, 2.75) is 40.0 Å². The minimum Gasteiger partial charge on any atom is -0.351 e. The normalized spacial score (nSPS) is 13.0. The highest BCUT2D eigenvalue weighted by Gasteiger charge is 2.24. The second kappa shape index (κ2) is 7.48. The number of nitrogens with one attached hydrogen (secondary N) is 1. The highest BCUT2D eigenvalue weighted by atomic mass is 16.7. The first-order valence-corrected chi connectivity index (χ1v) is 6.40. The molecule has 3 N–H and O–H groups in total. The largest absolute Gasteiger partial charge is 0.351 e. The Labute approximate surface area is 109 Å². The Morgan fingerprint density at radius 2 is 1.78 bits per heavy atom. The Morgan fingerprint density at radius 1 is 1.17 bits per heavy atom. The van der Waals surface area contributed by atoms with E-state index in [-0.39, 0.29) is 12.3 Å². The Morgan fingerprint density at radius 3 is 2.22 bits per heavy atom. The number of rotatable bonds is 7. The van der Waals surface area contributed by atoms with Crippen molar-refractivity contribution < 1.29 is 9.47 Å². The number of hydrazine groups is 1. The minimum absolute atomic E-state index is 0.162. The molecule has 4 nitrogen and oxygen atoms in total. The molecule has 0 saturated carbocycles. The van der Waals surface area contributed by atoms with Gasteiger partial charge in [0.25, 0.3) is 0 Å². The maximum absolute atomic E-state index is 5.66. The standard InChI is InChI=1S/C14H24N2O2/c1-5-17-14(18-6-2)13(16-15)12-8-7-10(3)9-11(12)4/h7-9,13-14,16H,5-6,15H2,1-4H3. The van der Waals surface area contributed by atoms with Crippen LogP contribution in [0.3, 0.4) is 0 Å². The molecular weight excluding hydrogens is 228 g/mol. The molecule has 0 spiro atoms. The molecule has 0 aliphatic heterocycles. The molecule has 4 heteroatoms. The summed E-state index contributed by atoms with van der Waals surface area (Å²) in [5, 5.41) is 0. The lowest BCUT2D eigenvalue weighted by molar-refractivity contribution is -0.155. The van der Waals surface area contributed by atoms with Crippen LogP contribution < -0.4 is 11.3 Å². The topological polar surface area (TPSA) is 56.5 Å². The van der Waals surface area contributed by atoms with E-state index < -0.39 is 0 Å². The van der Waals surface area contributed by atoms with E-state index in [2.05, 4.69) is 37.5 Å². The van der Waals surface area contributed by atoms with Crippen LogP contribution in [0.25, 0.3) is 0 Å². The highest BCUT2D eigenvalue weighted by molar-refractivity contribution is 5.33. The fraction of sp³-hybridized carbons (Fsp3) is 0.571. The summed E-state index contributed by atoms with van der Waals surface area (Å²) in [4.78, 5) is 0. The minimum atomic E-state index is -0.369. The predicted octanol–water partition coefficient (Wildman–Crippen LogP) is 2.21. The first-order chi connectivity index (χ1) is 8.63. The van der Waals surface area contributed by atoms with Gasteiger partial charge in [0, 0.05) is 13.2 Å². The van der Waals surface area contributed by atoms with Crippen molar-refractivity contribution in [2.75, 3.05) is 13.2 Å². The van der Waals surface area contributed by atoms with E-state index in [1.807, 2.05) is 13.8 Å². The van der Waals surface area contributed by atoms with Crippen LogP contribution in [-0.4, -0.2) is 19.5 Å². The van der Waals surface area contributed by atoms with Crippen LogP contribution in [-0.2, 0) is 9.47 Å². The fourth-order valence-electron chi connectivity index (χ4n) is 2.06. The van der Waals surface area contributed by atoms with E-state index in [4.69, 9.17) is 15.3 Å². The van der Waals surface area contributed by atoms with Gasteiger partial charge < -0.3 is 9.47 Å². The summed E-state index contributed by atoms with van der Waals surface area (Å²) in [5.41, 5.74) is 6.32. The lowest BCUT2D eigenvalue weighted by Gasteiger charge is -2.27. The SMILES string of the molecule is CCOC(OCC)C(NN)c1ccc(C)cc1C. The molecule has 0 aromatic heterocycles. The molecule has 0 aliphatic carbocycles. The van der Waals surface area contributed by atoms with Gasteiger partial charge >= 0.3 is 0 Å². The maximum Gasteiger partial charge on any atom is 0.178 e. The van der Waals surface area contributed by atoms with E-state index in [9.17, 15) is 0 Å². The summed E-state index contributed by atoms with van der Waals surface area (Å²) < 4.78 is 11.2. The molecule has 1 unspecified atom stereocenters. The van der Waals surface area contributed by atoms with Crippen molar-refractivity contribution in [3.8, 4) is 0 Å². The van der Waals surface area contributed by atoms with Crippen LogP contribution in [0.5, 0.6) is 0 Å². The Balaban J connectivity index is 2.98. The van der Waals surface area contributed by atoms with Gasteiger partial charge in [-0.3, -0.25) is 5.84 Å². The molecule has 0 aliphatic rings. The van der Waals surface area contributed by atoms with Gasteiger partial charge in [-0.2, -0.15) is 0 Å². The van der Waals surface area contributed by atoms with Crippen molar-refractivity contribution in [2.24, 2.45) is 5.84 Å². The van der Waals surface area contributed by atoms with Crippen LogP contribution in [0.15, 0.2) is 18.2 Å². The first-order valence-electron chi connectivity index (χ1n) is 6.40. The summed E-state index contributed by atoms with van der Waals surface area (Å²) in [5.74, 6) is 5.66. The molecule has 0 radical (unpaired) electrons. The number of ether oxygens (including phenoxy) is 2. The molecule has 0 fully saturated rings. The lowest BCUT2D eigenvalue weighted by Crippen LogP contribution is -2.40. The lowest BCUT2D eigenvalue weighted by atomic mass is 9.99. The van der Waals surface area contributed by atoms with Crippen LogP contribution >= 0.6 is 0 Å². The van der Waals surface area contributed by atoms with Crippen molar-refractivity contribution in [1.82, 2.24) is 5.43 Å². The molecule has 18 heavy (non-hydrogen) atoms. The van der Waals surface area contributed by atoms with E-state index in [1.54, 1.807) is 0 Å². The van der Waals surface area contributed by atoms with Crippen molar-refractivity contribution in [3.63, 3.8) is 0 Å². The molecule has 1 aromatic rings. The average molecular weight is 252 g/mol. The average Bonchev–Trinajstić information content (AvgIpc) is 2.33. The van der Waals surface area contributed by atoms with Gasteiger partial charge in [0.15, 0.2) is 6.29 Å². The van der Waals surface area contributed by atoms with Crippen LogP contribution in [0.2, 0.25) is 0 Å². The number of nitrogens with two attached hydrogens (primary N) is 1. The zero-order valence-electron chi connectivity index (χ0n) is 11.7. The van der Waals surface area contributed by atoms with E-state index in [1.165, 1.54) is 11.1 Å². The molecule has 1 atom stereocenters. The molecular formula is C14H24N2O2. The third-order valence-corrected chi connectivity index (χ3v) is 2.87. The van der Waals surface area contributed by atoms with Crippen molar-refractivity contribution in [3.05, 3.63) is 34.9 Å². The molecule has 0 heterocycles. The second-order valence-corrected chi connectivity index (χ2v) is 4.28. The summed E-state index contributed by atoms with van der Waals surface area (Å²) in [7, 11) is 0. The zero-order valence-corrected chi connectivity index (χ0v) is 11.7. The van der Waals surface area contributed by atoms with Gasteiger partial charge in [-0.1, -0.05) is 23.8 Å². The number of hydrogen-bond donors (Lipinski definition) is 2. The van der Waals surface area contributed by atoms with Gasteiger partial charge in [-0.15, -0.1) is 0 Å². The van der Waals surface area contributed by atoms with E-state index >= 15 is 0 Å². The van der Waals surface area contributed by atoms with Crippen LogP contribution in [0, 0.1) is 13.8 Å². The van der Waals surface area contributed by atoms with E-state index in [0.717, 1.165) is 5.56 Å². The Hall–Kier alpha value is -0.940. The van der Waals surface area contributed by atoms with Gasteiger partial charge in [0.2, 0.25) is 0 Å². The van der Waals surface area contributed by atoms with Crippen LogP contribution in [0.1, 0.15) is 36.6 Å². The fourth-order valence-corrected chi connectivity index (χ4v) is 2.06. The third kappa shape index (κ3) is 3.78. The predicted molar refractivity (Wildman–Crippen MR) is 73.0 cm³/mol. The summed E-state index contributed by atoms with van der Waals surface area (Å²) in [6, 6.07) is 6.11. The van der Waals surface area contributed by atoms with E-state index in [0.29, 0.717) is 13.2 Å². The summed E-state index contributed by atoms with van der Waals surface area (Å²) >= 11 is 0. The van der Waals surface area contributed by atoms with Crippen molar-refractivity contribution in [1.29, 1.82) is 0 Å². The second-order valence-electron chi connectivity index (χ2n) is 4.28. The molecule has 1 rings (SSSR count). The van der Waals surface area contributed by atoms with Gasteiger partial charge in [0.1, 0.15) is 0 Å². The molecule has 0 amide bonds. The number of benzene rings is 1. The molecule has 0 bridgehead atoms. The van der Waals surface area contributed by atoms with Gasteiger partial charge in [-0.05, 0) is 38.8 Å². The Bertz CT molecular complexity index is 363. The first kappa shape index (κ1) is 15.1. The maximum atomic E-state index is 5.66.